The van der Waals surface area contributed by atoms with E-state index >= 15 is 0 Å². The van der Waals surface area contributed by atoms with Crippen LogP contribution in [0.25, 0.3) is 17.3 Å². The molecule has 0 aliphatic carbocycles. The summed E-state index contributed by atoms with van der Waals surface area (Å²) >= 11 is 0. The largest absolute Gasteiger partial charge is 0.479 e. The summed E-state index contributed by atoms with van der Waals surface area (Å²) in [6.07, 6.45) is 1.26. The number of rotatable bonds is 10. The Morgan fingerprint density at radius 1 is 1.19 bits per heavy atom. The Hall–Kier alpha value is -2.89. The van der Waals surface area contributed by atoms with Crippen LogP contribution >= 0.6 is 0 Å². The quantitative estimate of drug-likeness (QED) is 0.416. The van der Waals surface area contributed by atoms with E-state index in [0.29, 0.717) is 22.5 Å². The highest BCUT2D eigenvalue weighted by Gasteiger charge is 2.23. The molecule has 0 saturated heterocycles. The molecule has 32 heavy (non-hydrogen) atoms. The van der Waals surface area contributed by atoms with Crippen LogP contribution in [0.1, 0.15) is 43.9 Å². The SMILES string of the molecule is CC(C)c1nc(NS(C)(=O)=O)nc(-c2ccc(F)cc2)c1C=CCC[C@@H](O)C(O)C(=O)O. The molecule has 2 rings (SSSR count). The Balaban J connectivity index is 2.48. The van der Waals surface area contributed by atoms with E-state index < -0.39 is 34.0 Å². The first kappa shape index (κ1) is 25.4. The molecule has 1 aromatic carbocycles. The van der Waals surface area contributed by atoms with E-state index in [0.717, 1.165) is 6.26 Å². The second-order valence-corrected chi connectivity index (χ2v) is 9.31. The minimum absolute atomic E-state index is 0.00142. The van der Waals surface area contributed by atoms with Gasteiger partial charge in [0, 0.05) is 11.1 Å². The van der Waals surface area contributed by atoms with Crippen molar-refractivity contribution in [3.8, 4) is 11.3 Å². The molecule has 0 amide bonds. The van der Waals surface area contributed by atoms with E-state index in [2.05, 4.69) is 14.7 Å². The number of nitrogens with one attached hydrogen (secondary N) is 1. The van der Waals surface area contributed by atoms with E-state index in [9.17, 15) is 27.8 Å². The van der Waals surface area contributed by atoms with E-state index in [-0.39, 0.29) is 24.7 Å². The van der Waals surface area contributed by atoms with Crippen LogP contribution < -0.4 is 4.72 Å². The van der Waals surface area contributed by atoms with Gasteiger partial charge in [0.05, 0.1) is 23.7 Å². The molecule has 0 radical (unpaired) electrons. The monoisotopic (exact) mass is 467 g/mol. The molecule has 11 heteroatoms. The Labute approximate surface area is 185 Å². The second-order valence-electron chi connectivity index (χ2n) is 7.56. The first-order valence-electron chi connectivity index (χ1n) is 9.80. The predicted molar refractivity (Wildman–Crippen MR) is 118 cm³/mol. The summed E-state index contributed by atoms with van der Waals surface area (Å²) < 4.78 is 39.1. The molecule has 0 bridgehead atoms. The summed E-state index contributed by atoms with van der Waals surface area (Å²) in [6.45, 7) is 3.73. The van der Waals surface area contributed by atoms with Crippen LogP contribution in [0, 0.1) is 5.82 Å². The second kappa shape index (κ2) is 10.6. The van der Waals surface area contributed by atoms with Crippen LogP contribution in [-0.2, 0) is 14.8 Å². The number of sulfonamides is 1. The molecule has 1 unspecified atom stereocenters. The molecule has 0 saturated carbocycles. The van der Waals surface area contributed by atoms with Crippen molar-refractivity contribution in [3.05, 3.63) is 47.4 Å². The highest BCUT2D eigenvalue weighted by atomic mass is 32.2. The van der Waals surface area contributed by atoms with Crippen LogP contribution in [-0.4, -0.2) is 58.1 Å². The molecule has 2 aromatic rings. The molecule has 0 aliphatic rings. The molecular formula is C21H26FN3O6S. The zero-order valence-electron chi connectivity index (χ0n) is 17.9. The van der Waals surface area contributed by atoms with Crippen LogP contribution in [0.15, 0.2) is 30.3 Å². The zero-order chi connectivity index (χ0) is 24.1. The third-order valence-electron chi connectivity index (χ3n) is 4.45. The van der Waals surface area contributed by atoms with Gasteiger partial charge in [-0.25, -0.2) is 27.6 Å². The molecular weight excluding hydrogens is 441 g/mol. The number of hydrogen-bond donors (Lipinski definition) is 4. The Morgan fingerprint density at radius 3 is 2.34 bits per heavy atom. The summed E-state index contributed by atoms with van der Waals surface area (Å²) in [4.78, 5) is 19.4. The minimum Gasteiger partial charge on any atom is -0.479 e. The third-order valence-corrected chi connectivity index (χ3v) is 5.00. The maximum absolute atomic E-state index is 13.4. The Kier molecular flexibility index (Phi) is 8.42. The van der Waals surface area contributed by atoms with Gasteiger partial charge in [0.15, 0.2) is 6.10 Å². The molecule has 2 atom stereocenters. The lowest BCUT2D eigenvalue weighted by Crippen LogP contribution is -2.33. The molecule has 0 spiro atoms. The summed E-state index contributed by atoms with van der Waals surface area (Å²) in [5, 5.41) is 27.9. The average Bonchev–Trinajstić information content (AvgIpc) is 2.69. The van der Waals surface area contributed by atoms with Gasteiger partial charge in [0.2, 0.25) is 16.0 Å². The fourth-order valence-corrected chi connectivity index (χ4v) is 3.34. The molecule has 0 fully saturated rings. The predicted octanol–water partition coefficient (Wildman–Crippen LogP) is 2.38. The van der Waals surface area contributed by atoms with Crippen molar-refractivity contribution in [2.24, 2.45) is 0 Å². The lowest BCUT2D eigenvalue weighted by Gasteiger charge is -2.16. The first-order chi connectivity index (χ1) is 14.9. The number of carboxylic acid groups (broad SMARTS) is 1. The Morgan fingerprint density at radius 2 is 1.81 bits per heavy atom. The summed E-state index contributed by atoms with van der Waals surface area (Å²) in [5.41, 5.74) is 2.01. The fourth-order valence-electron chi connectivity index (χ4n) is 2.92. The van der Waals surface area contributed by atoms with Crippen LogP contribution in [0.5, 0.6) is 0 Å². The molecule has 1 aromatic heterocycles. The number of aromatic nitrogens is 2. The topological polar surface area (TPSA) is 150 Å². The van der Waals surface area contributed by atoms with Gasteiger partial charge in [-0.3, -0.25) is 4.72 Å². The average molecular weight is 468 g/mol. The molecule has 174 valence electrons. The number of benzene rings is 1. The smallest absolute Gasteiger partial charge is 0.335 e. The first-order valence-corrected chi connectivity index (χ1v) is 11.7. The van der Waals surface area contributed by atoms with Crippen molar-refractivity contribution < 1.29 is 32.9 Å². The van der Waals surface area contributed by atoms with Gasteiger partial charge < -0.3 is 15.3 Å². The molecule has 0 aliphatic heterocycles. The van der Waals surface area contributed by atoms with E-state index in [1.54, 1.807) is 12.2 Å². The highest BCUT2D eigenvalue weighted by molar-refractivity contribution is 7.91. The van der Waals surface area contributed by atoms with E-state index in [4.69, 9.17) is 5.11 Å². The summed E-state index contributed by atoms with van der Waals surface area (Å²) in [5.74, 6) is -2.20. The number of hydrogen-bond acceptors (Lipinski definition) is 7. The van der Waals surface area contributed by atoms with Crippen LogP contribution in [0.4, 0.5) is 10.3 Å². The number of halogens is 1. The van der Waals surface area contributed by atoms with Crippen molar-refractivity contribution in [2.75, 3.05) is 11.0 Å². The van der Waals surface area contributed by atoms with Crippen molar-refractivity contribution in [1.29, 1.82) is 0 Å². The van der Waals surface area contributed by atoms with Crippen LogP contribution in [0.3, 0.4) is 0 Å². The number of aliphatic carboxylic acids is 1. The van der Waals surface area contributed by atoms with Crippen molar-refractivity contribution >= 4 is 28.0 Å². The van der Waals surface area contributed by atoms with Gasteiger partial charge >= 0.3 is 5.97 Å². The maximum atomic E-state index is 13.4. The number of aliphatic hydroxyl groups is 2. The Bertz CT molecular complexity index is 1090. The van der Waals surface area contributed by atoms with Gasteiger partial charge in [0.1, 0.15) is 5.82 Å². The van der Waals surface area contributed by atoms with Crippen molar-refractivity contribution in [2.45, 2.75) is 44.8 Å². The molecule has 1 heterocycles. The number of carboxylic acids is 1. The van der Waals surface area contributed by atoms with Gasteiger partial charge in [0.25, 0.3) is 0 Å². The zero-order valence-corrected chi connectivity index (χ0v) is 18.7. The number of carbonyl (C=O) groups is 1. The maximum Gasteiger partial charge on any atom is 0.335 e. The minimum atomic E-state index is -3.64. The fraction of sp³-hybridized carbons (Fsp3) is 0.381. The van der Waals surface area contributed by atoms with E-state index in [1.165, 1.54) is 24.3 Å². The lowest BCUT2D eigenvalue weighted by atomic mass is 9.97. The number of aliphatic hydroxyl groups excluding tert-OH is 2. The standard InChI is InChI=1S/C21H26FN3O6S/c1-12(2)17-15(6-4-5-7-16(26)19(27)20(28)29)18(13-8-10-14(22)11-9-13)24-21(23-17)25-32(3,30)31/h4,6,8-12,16,19,26-27H,5,7H2,1-3H3,(H,28,29)(H,23,24,25)/t16-,19?/m1/s1. The van der Waals surface area contributed by atoms with Gasteiger partial charge in [-0.05, 0) is 43.0 Å². The van der Waals surface area contributed by atoms with Gasteiger partial charge in [-0.1, -0.05) is 26.0 Å². The number of anilines is 1. The van der Waals surface area contributed by atoms with E-state index in [1.807, 2.05) is 13.8 Å². The van der Waals surface area contributed by atoms with Crippen LogP contribution in [0.2, 0.25) is 0 Å². The lowest BCUT2D eigenvalue weighted by molar-refractivity contribution is -0.152. The van der Waals surface area contributed by atoms with Crippen molar-refractivity contribution in [3.63, 3.8) is 0 Å². The summed E-state index contributed by atoms with van der Waals surface area (Å²) in [7, 11) is -3.64. The summed E-state index contributed by atoms with van der Waals surface area (Å²) in [6, 6.07) is 5.53. The third kappa shape index (κ3) is 7.08. The number of allylic oxidation sites excluding steroid dienone is 1. The number of nitrogens with zero attached hydrogens (tertiary/aromatic N) is 2. The van der Waals surface area contributed by atoms with Crippen molar-refractivity contribution in [1.82, 2.24) is 9.97 Å². The molecule has 4 N–H and O–H groups in total. The highest BCUT2D eigenvalue weighted by Crippen LogP contribution is 2.30. The van der Waals surface area contributed by atoms with Gasteiger partial charge in [-0.2, -0.15) is 0 Å². The molecule has 9 nitrogen and oxygen atoms in total. The van der Waals surface area contributed by atoms with Gasteiger partial charge in [-0.15, -0.1) is 0 Å². The normalized spacial score (nSPS) is 14.0.